The molecule has 1 atom stereocenters. The van der Waals surface area contributed by atoms with Crippen LogP contribution in [-0.4, -0.2) is 47.1 Å². The van der Waals surface area contributed by atoms with Crippen molar-refractivity contribution in [1.29, 1.82) is 0 Å². The maximum Gasteiger partial charge on any atom is 0.243 e. The van der Waals surface area contributed by atoms with E-state index < -0.39 is 0 Å². The fourth-order valence-electron chi connectivity index (χ4n) is 2.83. The number of hydrogen-bond acceptors (Lipinski definition) is 3. The summed E-state index contributed by atoms with van der Waals surface area (Å²) in [4.78, 5) is 25.8. The molecule has 2 aliphatic heterocycles. The molecule has 3 rings (SSSR count). The molecule has 2 amide bonds. The van der Waals surface area contributed by atoms with Crippen LogP contribution in [0.15, 0.2) is 29.4 Å². The third kappa shape index (κ3) is 3.30. The van der Waals surface area contributed by atoms with Gasteiger partial charge < -0.3 is 4.90 Å². The predicted octanol–water partition coefficient (Wildman–Crippen LogP) is 2.09. The average molecular weight is 320 g/mol. The molecule has 1 aromatic rings. The van der Waals surface area contributed by atoms with Crippen LogP contribution in [0.3, 0.4) is 0 Å². The van der Waals surface area contributed by atoms with Gasteiger partial charge in [0.15, 0.2) is 0 Å². The summed E-state index contributed by atoms with van der Waals surface area (Å²) in [7, 11) is 0. The van der Waals surface area contributed by atoms with E-state index in [2.05, 4.69) is 5.10 Å². The van der Waals surface area contributed by atoms with Crippen LogP contribution < -0.4 is 0 Å². The minimum atomic E-state index is -0.0607. The summed E-state index contributed by atoms with van der Waals surface area (Å²) in [5, 5.41) is 6.34. The van der Waals surface area contributed by atoms with E-state index in [1.165, 1.54) is 5.01 Å². The Balaban J connectivity index is 1.50. The van der Waals surface area contributed by atoms with Crippen LogP contribution in [0.1, 0.15) is 24.8 Å². The number of amides is 2. The van der Waals surface area contributed by atoms with Crippen LogP contribution in [-0.2, 0) is 16.0 Å². The zero-order valence-corrected chi connectivity index (χ0v) is 13.0. The minimum Gasteiger partial charge on any atom is -0.333 e. The van der Waals surface area contributed by atoms with Crippen molar-refractivity contribution >= 4 is 29.6 Å². The minimum absolute atomic E-state index is 0.0136. The highest BCUT2D eigenvalue weighted by molar-refractivity contribution is 6.30. The van der Waals surface area contributed by atoms with Crippen molar-refractivity contribution in [3.8, 4) is 0 Å². The molecule has 1 fully saturated rings. The second-order valence-electron chi connectivity index (χ2n) is 5.62. The summed E-state index contributed by atoms with van der Waals surface area (Å²) in [6.45, 7) is 1.24. The molecule has 0 aromatic heterocycles. The number of carbonyl (C=O) groups is 2. The molecule has 1 aromatic carbocycles. The molecule has 116 valence electrons. The Labute approximate surface area is 134 Å². The molecule has 0 N–H and O–H groups in total. The van der Waals surface area contributed by atoms with Gasteiger partial charge in [-0.1, -0.05) is 23.7 Å². The monoisotopic (exact) mass is 319 g/mol. The lowest BCUT2D eigenvalue weighted by Crippen LogP contribution is -2.41. The smallest absolute Gasteiger partial charge is 0.243 e. The summed E-state index contributed by atoms with van der Waals surface area (Å²) in [6, 6.07) is 7.44. The Kier molecular flexibility index (Phi) is 4.43. The molecular formula is C16H18ClN3O2. The first-order valence-electron chi connectivity index (χ1n) is 7.52. The number of aryl methyl sites for hydroxylation is 1. The van der Waals surface area contributed by atoms with Crippen LogP contribution in [0.25, 0.3) is 0 Å². The summed E-state index contributed by atoms with van der Waals surface area (Å²) >= 11 is 5.84. The fraction of sp³-hybridized carbons (Fsp3) is 0.438. The lowest BCUT2D eigenvalue weighted by molar-refractivity contribution is -0.133. The topological polar surface area (TPSA) is 53.0 Å². The molecule has 0 aliphatic carbocycles. The molecule has 6 heteroatoms. The highest BCUT2D eigenvalue weighted by Crippen LogP contribution is 2.18. The Morgan fingerprint density at radius 2 is 2.09 bits per heavy atom. The van der Waals surface area contributed by atoms with Crippen molar-refractivity contribution in [1.82, 2.24) is 9.91 Å². The molecule has 1 unspecified atom stereocenters. The number of benzene rings is 1. The lowest BCUT2D eigenvalue weighted by atomic mass is 10.1. The molecule has 1 saturated heterocycles. The predicted molar refractivity (Wildman–Crippen MR) is 84.7 cm³/mol. The van der Waals surface area contributed by atoms with Gasteiger partial charge in [-0.2, -0.15) is 5.10 Å². The molecule has 0 radical (unpaired) electrons. The van der Waals surface area contributed by atoms with Crippen LogP contribution >= 0.6 is 11.6 Å². The molecule has 0 spiro atoms. The van der Waals surface area contributed by atoms with Crippen LogP contribution in [0, 0.1) is 0 Å². The first kappa shape index (κ1) is 15.0. The van der Waals surface area contributed by atoms with Crippen molar-refractivity contribution in [2.24, 2.45) is 5.10 Å². The standard InChI is InChI=1S/C16H18ClN3O2/c17-13-6-3-12(4-7-13)5-8-16(22)20-11-14(10-18-20)19-9-1-2-15(19)21/h3-4,6-7,10,14H,1-2,5,8-9,11H2. The van der Waals surface area contributed by atoms with E-state index in [1.807, 2.05) is 29.2 Å². The van der Waals surface area contributed by atoms with Gasteiger partial charge in [0.1, 0.15) is 0 Å². The quantitative estimate of drug-likeness (QED) is 0.853. The lowest BCUT2D eigenvalue weighted by Gasteiger charge is -2.22. The largest absolute Gasteiger partial charge is 0.333 e. The van der Waals surface area contributed by atoms with Gasteiger partial charge in [-0.05, 0) is 30.5 Å². The SMILES string of the molecule is O=C(CCc1ccc(Cl)cc1)N1CC(N2CCCC2=O)C=N1. The summed E-state index contributed by atoms with van der Waals surface area (Å²) in [6.07, 6.45) is 4.28. The summed E-state index contributed by atoms with van der Waals surface area (Å²) in [5.41, 5.74) is 1.08. The van der Waals surface area contributed by atoms with Crippen molar-refractivity contribution in [3.63, 3.8) is 0 Å². The fourth-order valence-corrected chi connectivity index (χ4v) is 2.95. The summed E-state index contributed by atoms with van der Waals surface area (Å²) in [5.74, 6) is 0.146. The Hall–Kier alpha value is -1.88. The van der Waals surface area contributed by atoms with E-state index in [0.717, 1.165) is 18.5 Å². The Bertz CT molecular complexity index is 600. The molecule has 2 heterocycles. The van der Waals surface area contributed by atoms with E-state index in [-0.39, 0.29) is 17.9 Å². The Morgan fingerprint density at radius 3 is 2.77 bits per heavy atom. The Morgan fingerprint density at radius 1 is 1.32 bits per heavy atom. The number of hydrazone groups is 1. The van der Waals surface area contributed by atoms with E-state index in [4.69, 9.17) is 11.6 Å². The van der Waals surface area contributed by atoms with E-state index in [0.29, 0.717) is 30.8 Å². The van der Waals surface area contributed by atoms with Gasteiger partial charge in [0.25, 0.3) is 0 Å². The maximum absolute atomic E-state index is 12.2. The highest BCUT2D eigenvalue weighted by Gasteiger charge is 2.32. The van der Waals surface area contributed by atoms with Gasteiger partial charge >= 0.3 is 0 Å². The third-order valence-electron chi connectivity index (χ3n) is 4.08. The number of hydrogen-bond donors (Lipinski definition) is 0. The van der Waals surface area contributed by atoms with E-state index in [9.17, 15) is 9.59 Å². The molecule has 5 nitrogen and oxygen atoms in total. The number of halogens is 1. The number of likely N-dealkylation sites (tertiary alicyclic amines) is 1. The van der Waals surface area contributed by atoms with Gasteiger partial charge in [-0.15, -0.1) is 0 Å². The summed E-state index contributed by atoms with van der Waals surface area (Å²) < 4.78 is 0. The van der Waals surface area contributed by atoms with Crippen molar-refractivity contribution in [3.05, 3.63) is 34.9 Å². The number of nitrogens with zero attached hydrogens (tertiary/aromatic N) is 3. The van der Waals surface area contributed by atoms with Crippen LogP contribution in [0.4, 0.5) is 0 Å². The third-order valence-corrected chi connectivity index (χ3v) is 4.33. The molecule has 2 aliphatic rings. The molecule has 0 bridgehead atoms. The molecule has 0 saturated carbocycles. The van der Waals surface area contributed by atoms with Crippen molar-refractivity contribution in [2.45, 2.75) is 31.7 Å². The van der Waals surface area contributed by atoms with Crippen molar-refractivity contribution < 1.29 is 9.59 Å². The number of carbonyl (C=O) groups excluding carboxylic acids is 2. The maximum atomic E-state index is 12.2. The first-order valence-corrected chi connectivity index (χ1v) is 7.89. The van der Waals surface area contributed by atoms with E-state index >= 15 is 0 Å². The average Bonchev–Trinajstić information content (AvgIpc) is 3.15. The van der Waals surface area contributed by atoms with Gasteiger partial charge in [0, 0.05) is 30.6 Å². The first-order chi connectivity index (χ1) is 10.6. The van der Waals surface area contributed by atoms with E-state index in [1.54, 1.807) is 6.21 Å². The van der Waals surface area contributed by atoms with Crippen LogP contribution in [0.2, 0.25) is 5.02 Å². The second kappa shape index (κ2) is 6.48. The highest BCUT2D eigenvalue weighted by atomic mass is 35.5. The van der Waals surface area contributed by atoms with Gasteiger partial charge in [0.2, 0.25) is 11.8 Å². The van der Waals surface area contributed by atoms with Crippen LogP contribution in [0.5, 0.6) is 0 Å². The van der Waals surface area contributed by atoms with Gasteiger partial charge in [0.05, 0.1) is 12.6 Å². The van der Waals surface area contributed by atoms with Gasteiger partial charge in [-0.3, -0.25) is 9.59 Å². The van der Waals surface area contributed by atoms with Gasteiger partial charge in [-0.25, -0.2) is 5.01 Å². The van der Waals surface area contributed by atoms with Crippen molar-refractivity contribution in [2.75, 3.05) is 13.1 Å². The number of rotatable bonds is 4. The zero-order valence-electron chi connectivity index (χ0n) is 12.2. The normalized spacial score (nSPS) is 21.0. The molecular weight excluding hydrogens is 302 g/mol. The molecule has 22 heavy (non-hydrogen) atoms. The zero-order chi connectivity index (χ0) is 15.5. The second-order valence-corrected chi connectivity index (χ2v) is 6.06.